The van der Waals surface area contributed by atoms with Gasteiger partial charge in [-0.25, -0.2) is 0 Å². The minimum Gasteiger partial charge on any atom is -0.507 e. The van der Waals surface area contributed by atoms with Crippen LogP contribution in [0.25, 0.3) is 10.8 Å². The van der Waals surface area contributed by atoms with Crippen molar-refractivity contribution < 1.29 is 19.4 Å². The summed E-state index contributed by atoms with van der Waals surface area (Å²) in [6, 6.07) is 11.8. The molecule has 1 unspecified atom stereocenters. The second kappa shape index (κ2) is 7.26. The lowest BCUT2D eigenvalue weighted by atomic mass is 9.78. The highest BCUT2D eigenvalue weighted by Crippen LogP contribution is 2.54. The van der Waals surface area contributed by atoms with Crippen LogP contribution in [-0.4, -0.2) is 18.0 Å². The second-order valence-electron chi connectivity index (χ2n) is 10.7. The molecule has 0 saturated heterocycles. The van der Waals surface area contributed by atoms with Crippen molar-refractivity contribution in [2.45, 2.75) is 65.4 Å². The van der Waals surface area contributed by atoms with E-state index in [0.29, 0.717) is 10.9 Å². The van der Waals surface area contributed by atoms with E-state index < -0.39 is 0 Å². The van der Waals surface area contributed by atoms with E-state index in [2.05, 4.69) is 47.6 Å². The fourth-order valence-corrected chi connectivity index (χ4v) is 4.56. The van der Waals surface area contributed by atoms with E-state index in [4.69, 9.17) is 9.47 Å². The standard InChI is InChI=1S/C28H32O4/c1-15(29)18-13-21(28(5,6)7)26-23-19(14-20(27(2,3)4)24(30)22(18)23)25(32-26)16-9-11-17(31-8)12-10-16/h9-14,25,30H,1-8H3. The summed E-state index contributed by atoms with van der Waals surface area (Å²) in [7, 11) is 1.65. The zero-order chi connectivity index (χ0) is 23.6. The Bertz CT molecular complexity index is 1220. The van der Waals surface area contributed by atoms with Gasteiger partial charge < -0.3 is 14.6 Å². The van der Waals surface area contributed by atoms with Crippen LogP contribution in [0.2, 0.25) is 0 Å². The lowest BCUT2D eigenvalue weighted by molar-refractivity contribution is 0.101. The molecule has 168 valence electrons. The molecule has 0 bridgehead atoms. The van der Waals surface area contributed by atoms with E-state index in [9.17, 15) is 9.90 Å². The highest BCUT2D eigenvalue weighted by molar-refractivity contribution is 6.13. The molecule has 4 rings (SSSR count). The van der Waals surface area contributed by atoms with Crippen LogP contribution in [0.3, 0.4) is 0 Å². The summed E-state index contributed by atoms with van der Waals surface area (Å²) in [5.74, 6) is 1.64. The molecule has 1 N–H and O–H groups in total. The third kappa shape index (κ3) is 3.42. The largest absolute Gasteiger partial charge is 0.507 e. The quantitative estimate of drug-likeness (QED) is 0.461. The molecule has 1 aliphatic heterocycles. The average molecular weight is 433 g/mol. The zero-order valence-corrected chi connectivity index (χ0v) is 20.2. The average Bonchev–Trinajstić information content (AvgIpc) is 3.08. The molecule has 3 aromatic rings. The summed E-state index contributed by atoms with van der Waals surface area (Å²) >= 11 is 0. The van der Waals surface area contributed by atoms with Crippen molar-refractivity contribution in [2.75, 3.05) is 7.11 Å². The topological polar surface area (TPSA) is 55.8 Å². The summed E-state index contributed by atoms with van der Waals surface area (Å²) in [6.07, 6.45) is -0.330. The van der Waals surface area contributed by atoms with Crippen molar-refractivity contribution in [1.82, 2.24) is 0 Å². The minimum atomic E-state index is -0.330. The molecule has 0 aliphatic carbocycles. The van der Waals surface area contributed by atoms with Gasteiger partial charge in [0, 0.05) is 33.0 Å². The summed E-state index contributed by atoms with van der Waals surface area (Å²) in [4.78, 5) is 12.8. The van der Waals surface area contributed by atoms with Crippen LogP contribution in [0.15, 0.2) is 36.4 Å². The van der Waals surface area contributed by atoms with Crippen LogP contribution in [0.1, 0.15) is 87.2 Å². The van der Waals surface area contributed by atoms with Crippen LogP contribution in [0, 0.1) is 0 Å². The molecule has 32 heavy (non-hydrogen) atoms. The maximum absolute atomic E-state index is 12.8. The Hall–Kier alpha value is -3.01. The first kappa shape index (κ1) is 22.2. The molecule has 0 amide bonds. The summed E-state index contributed by atoms with van der Waals surface area (Å²) < 4.78 is 12.0. The number of phenols is 1. The number of aromatic hydroxyl groups is 1. The summed E-state index contributed by atoms with van der Waals surface area (Å²) in [5.41, 5.74) is 3.75. The van der Waals surface area contributed by atoms with E-state index in [1.165, 1.54) is 0 Å². The van der Waals surface area contributed by atoms with E-state index in [0.717, 1.165) is 39.1 Å². The van der Waals surface area contributed by atoms with Crippen molar-refractivity contribution in [2.24, 2.45) is 0 Å². The SMILES string of the molecule is COc1ccc(C2Oc3c(C(C)(C)C)cc(C(C)=O)c4c(O)c(C(C)(C)C)cc2c34)cc1. The Kier molecular flexibility index (Phi) is 5.04. The van der Waals surface area contributed by atoms with Gasteiger partial charge in [0.15, 0.2) is 5.78 Å². The lowest BCUT2D eigenvalue weighted by Gasteiger charge is -2.25. The molecule has 1 atom stereocenters. The Morgan fingerprint density at radius 2 is 1.53 bits per heavy atom. The van der Waals surface area contributed by atoms with Gasteiger partial charge in [-0.3, -0.25) is 4.79 Å². The minimum absolute atomic E-state index is 0.0674. The molecular weight excluding hydrogens is 400 g/mol. The van der Waals surface area contributed by atoms with E-state index in [1.54, 1.807) is 14.0 Å². The monoisotopic (exact) mass is 432 g/mol. The molecule has 0 saturated carbocycles. The third-order valence-corrected chi connectivity index (χ3v) is 6.29. The molecule has 0 spiro atoms. The van der Waals surface area contributed by atoms with Crippen LogP contribution in [-0.2, 0) is 10.8 Å². The number of carbonyl (C=O) groups excluding carboxylic acids is 1. The predicted octanol–water partition coefficient (Wildman–Crippen LogP) is 6.83. The highest BCUT2D eigenvalue weighted by Gasteiger charge is 2.37. The first-order valence-corrected chi connectivity index (χ1v) is 11.0. The van der Waals surface area contributed by atoms with Gasteiger partial charge in [-0.05, 0) is 47.6 Å². The van der Waals surface area contributed by atoms with Gasteiger partial charge in [0.1, 0.15) is 23.4 Å². The number of methoxy groups -OCH3 is 1. The smallest absolute Gasteiger partial charge is 0.160 e. The third-order valence-electron chi connectivity index (χ3n) is 6.29. The fourth-order valence-electron chi connectivity index (χ4n) is 4.56. The van der Waals surface area contributed by atoms with Crippen LogP contribution < -0.4 is 9.47 Å². The maximum Gasteiger partial charge on any atom is 0.160 e. The highest BCUT2D eigenvalue weighted by atomic mass is 16.5. The second-order valence-corrected chi connectivity index (χ2v) is 10.7. The Morgan fingerprint density at radius 3 is 2.03 bits per heavy atom. The maximum atomic E-state index is 12.8. The first-order chi connectivity index (χ1) is 14.8. The number of Topliss-reactive ketones (excluding diaryl/α,β-unsaturated/α-hetero) is 1. The summed E-state index contributed by atoms with van der Waals surface area (Å²) in [5, 5.41) is 12.8. The van der Waals surface area contributed by atoms with Crippen molar-refractivity contribution in [3.05, 3.63) is 64.2 Å². The Labute approximate surface area is 190 Å². The van der Waals surface area contributed by atoms with Gasteiger partial charge in [0.2, 0.25) is 0 Å². The molecule has 1 heterocycles. The van der Waals surface area contributed by atoms with Gasteiger partial charge in [0.05, 0.1) is 7.11 Å². The van der Waals surface area contributed by atoms with Gasteiger partial charge in [-0.15, -0.1) is 0 Å². The number of benzene rings is 3. The van der Waals surface area contributed by atoms with Crippen LogP contribution >= 0.6 is 0 Å². The predicted molar refractivity (Wildman–Crippen MR) is 128 cm³/mol. The van der Waals surface area contributed by atoms with Crippen LogP contribution in [0.5, 0.6) is 17.2 Å². The molecule has 0 fully saturated rings. The van der Waals surface area contributed by atoms with Crippen molar-refractivity contribution in [3.63, 3.8) is 0 Å². The first-order valence-electron chi connectivity index (χ1n) is 11.0. The molecule has 4 heteroatoms. The molecule has 0 radical (unpaired) electrons. The fraction of sp³-hybridized carbons (Fsp3) is 0.393. The Balaban J connectivity index is 2.13. The van der Waals surface area contributed by atoms with Gasteiger partial charge in [-0.2, -0.15) is 0 Å². The van der Waals surface area contributed by atoms with Crippen LogP contribution in [0.4, 0.5) is 0 Å². The zero-order valence-electron chi connectivity index (χ0n) is 20.2. The number of phenolic OH excluding ortho intramolecular Hbond substituents is 1. The van der Waals surface area contributed by atoms with Crippen molar-refractivity contribution in [1.29, 1.82) is 0 Å². The van der Waals surface area contributed by atoms with Gasteiger partial charge in [-0.1, -0.05) is 53.7 Å². The van der Waals surface area contributed by atoms with E-state index >= 15 is 0 Å². The number of hydrogen-bond acceptors (Lipinski definition) is 4. The molecule has 4 nitrogen and oxygen atoms in total. The molecular formula is C28H32O4. The van der Waals surface area contributed by atoms with Crippen molar-refractivity contribution in [3.8, 4) is 17.2 Å². The van der Waals surface area contributed by atoms with Gasteiger partial charge in [0.25, 0.3) is 0 Å². The number of ketones is 1. The number of ether oxygens (including phenoxy) is 2. The van der Waals surface area contributed by atoms with Gasteiger partial charge >= 0.3 is 0 Å². The lowest BCUT2D eigenvalue weighted by Crippen LogP contribution is -2.15. The molecule has 3 aromatic carbocycles. The molecule has 0 aromatic heterocycles. The van der Waals surface area contributed by atoms with E-state index in [1.807, 2.05) is 30.3 Å². The Morgan fingerprint density at radius 1 is 0.938 bits per heavy atom. The van der Waals surface area contributed by atoms with E-state index in [-0.39, 0.29) is 28.5 Å². The van der Waals surface area contributed by atoms with Crippen molar-refractivity contribution >= 4 is 16.6 Å². The number of hydrogen-bond donors (Lipinski definition) is 1. The normalized spacial score (nSPS) is 15.7. The summed E-state index contributed by atoms with van der Waals surface area (Å²) in [6.45, 7) is 14.1. The number of carbonyl (C=O) groups is 1. The number of rotatable bonds is 3. The molecule has 1 aliphatic rings.